The lowest BCUT2D eigenvalue weighted by atomic mass is 10.1. The highest BCUT2D eigenvalue weighted by Crippen LogP contribution is 2.29. The van der Waals surface area contributed by atoms with Gasteiger partial charge >= 0.3 is 5.97 Å². The summed E-state index contributed by atoms with van der Waals surface area (Å²) in [6.07, 6.45) is 0. The second-order valence-corrected chi connectivity index (χ2v) is 7.01. The van der Waals surface area contributed by atoms with Crippen LogP contribution < -0.4 is 10.9 Å². The molecule has 1 amide bonds. The van der Waals surface area contributed by atoms with Crippen molar-refractivity contribution in [1.82, 2.24) is 20.1 Å². The van der Waals surface area contributed by atoms with Crippen LogP contribution in [-0.4, -0.2) is 39.8 Å². The monoisotopic (exact) mass is 404 g/mol. The van der Waals surface area contributed by atoms with Crippen LogP contribution >= 0.6 is 11.3 Å². The fourth-order valence-electron chi connectivity index (χ4n) is 2.54. The number of nitrogens with zero attached hydrogens (tertiary/aromatic N) is 3. The Morgan fingerprint density at radius 3 is 2.68 bits per heavy atom. The summed E-state index contributed by atoms with van der Waals surface area (Å²) >= 11 is 1.30. The van der Waals surface area contributed by atoms with Gasteiger partial charge in [-0.3, -0.25) is 14.4 Å². The van der Waals surface area contributed by atoms with Crippen molar-refractivity contribution >= 4 is 33.4 Å². The number of hydrogen-bond acceptors (Lipinski definition) is 7. The molecule has 0 atom stereocenters. The van der Waals surface area contributed by atoms with Crippen LogP contribution in [0.2, 0.25) is 0 Å². The highest BCUT2D eigenvalue weighted by Gasteiger charge is 2.18. The Hall–Kier alpha value is -3.14. The Kier molecular flexibility index (Phi) is 5.78. The molecule has 0 unspecified atom stereocenters. The zero-order valence-corrected chi connectivity index (χ0v) is 16.0. The lowest BCUT2D eigenvalue weighted by Crippen LogP contribution is -2.37. The van der Waals surface area contributed by atoms with Crippen LogP contribution in [0.5, 0.6) is 0 Å². The summed E-state index contributed by atoms with van der Waals surface area (Å²) in [5.74, 6) is -1.54. The zero-order chi connectivity index (χ0) is 20.3. The lowest BCUT2D eigenvalue weighted by molar-refractivity contribution is -0.143. The van der Waals surface area contributed by atoms with E-state index in [0.29, 0.717) is 21.0 Å². The number of benzene rings is 1. The fraction of sp³-hybridized carbons (Fsp3) is 0.278. The van der Waals surface area contributed by atoms with Crippen LogP contribution in [0.3, 0.4) is 0 Å². The maximum absolute atomic E-state index is 13.3. The summed E-state index contributed by atoms with van der Waals surface area (Å²) in [4.78, 5) is 40.4. The second-order valence-electron chi connectivity index (χ2n) is 5.81. The summed E-state index contributed by atoms with van der Waals surface area (Å²) in [7, 11) is 0. The van der Waals surface area contributed by atoms with E-state index in [2.05, 4.69) is 15.4 Å². The number of aromatic nitrogens is 3. The molecule has 0 aliphatic carbocycles. The van der Waals surface area contributed by atoms with E-state index < -0.39 is 23.3 Å². The van der Waals surface area contributed by atoms with Gasteiger partial charge < -0.3 is 10.1 Å². The highest BCUT2D eigenvalue weighted by molar-refractivity contribution is 7.19. The van der Waals surface area contributed by atoms with Crippen LogP contribution in [0.15, 0.2) is 29.1 Å². The maximum Gasteiger partial charge on any atom is 0.325 e. The van der Waals surface area contributed by atoms with Crippen molar-refractivity contribution in [3.8, 4) is 11.3 Å². The SMILES string of the molecule is CCOC(=O)CNC(=O)Cn1nc(-c2ccc(F)cc2)c2sc(C)nc2c1=O. The van der Waals surface area contributed by atoms with E-state index in [4.69, 9.17) is 4.74 Å². The van der Waals surface area contributed by atoms with Gasteiger partial charge in [0.1, 0.15) is 24.6 Å². The normalized spacial score (nSPS) is 10.8. The predicted octanol–water partition coefficient (Wildman–Crippen LogP) is 1.65. The third-order valence-corrected chi connectivity index (χ3v) is 4.73. The number of nitrogens with one attached hydrogen (secondary N) is 1. The van der Waals surface area contributed by atoms with Crippen LogP contribution in [-0.2, 0) is 20.9 Å². The van der Waals surface area contributed by atoms with Crippen LogP contribution in [0.1, 0.15) is 11.9 Å². The van der Waals surface area contributed by atoms with Gasteiger partial charge in [0.2, 0.25) is 5.91 Å². The summed E-state index contributed by atoms with van der Waals surface area (Å²) < 4.78 is 19.6. The molecule has 8 nitrogen and oxygen atoms in total. The number of amides is 1. The van der Waals surface area contributed by atoms with E-state index >= 15 is 0 Å². The minimum absolute atomic E-state index is 0.190. The molecule has 146 valence electrons. The molecule has 2 heterocycles. The summed E-state index contributed by atoms with van der Waals surface area (Å²) in [6.45, 7) is 2.93. The van der Waals surface area contributed by atoms with E-state index in [1.54, 1.807) is 26.0 Å². The molecule has 3 rings (SSSR count). The first-order valence-electron chi connectivity index (χ1n) is 8.45. The predicted molar refractivity (Wildman–Crippen MR) is 101 cm³/mol. The van der Waals surface area contributed by atoms with Crippen LogP contribution in [0, 0.1) is 12.7 Å². The van der Waals surface area contributed by atoms with E-state index in [9.17, 15) is 18.8 Å². The van der Waals surface area contributed by atoms with E-state index in [0.717, 1.165) is 4.68 Å². The Bertz CT molecular complexity index is 1090. The standard InChI is InChI=1S/C18H17FN4O4S/c1-3-27-14(25)8-20-13(24)9-23-18(26)16-17(28-10(2)21-16)15(22-23)11-4-6-12(19)7-5-11/h4-7H,3,8-9H2,1-2H3,(H,20,24). The molecule has 0 bridgehead atoms. The van der Waals surface area contributed by atoms with Crippen LogP contribution in [0.4, 0.5) is 4.39 Å². The summed E-state index contributed by atoms with van der Waals surface area (Å²) in [6, 6.07) is 5.67. The molecule has 1 N–H and O–H groups in total. The van der Waals surface area contributed by atoms with E-state index in [-0.39, 0.29) is 25.2 Å². The number of aryl methyl sites for hydroxylation is 1. The number of carbonyl (C=O) groups excluding carboxylic acids is 2. The highest BCUT2D eigenvalue weighted by atomic mass is 32.1. The average molecular weight is 404 g/mol. The molecule has 0 saturated carbocycles. The first kappa shape index (κ1) is 19.6. The van der Waals surface area contributed by atoms with Gasteiger partial charge in [-0.05, 0) is 38.1 Å². The molecule has 0 radical (unpaired) electrons. The number of ether oxygens (including phenoxy) is 1. The quantitative estimate of drug-likeness (QED) is 0.627. The molecule has 3 aromatic rings. The number of fused-ring (bicyclic) bond motifs is 1. The number of hydrogen-bond donors (Lipinski definition) is 1. The first-order valence-corrected chi connectivity index (χ1v) is 9.27. The van der Waals surface area contributed by atoms with E-state index in [1.807, 2.05) is 0 Å². The van der Waals surface area contributed by atoms with Gasteiger partial charge in [0.25, 0.3) is 5.56 Å². The lowest BCUT2D eigenvalue weighted by Gasteiger charge is -2.09. The minimum atomic E-state index is -0.575. The third-order valence-electron chi connectivity index (χ3n) is 3.75. The van der Waals surface area contributed by atoms with Crippen molar-refractivity contribution in [1.29, 1.82) is 0 Å². The first-order chi connectivity index (χ1) is 13.4. The van der Waals surface area contributed by atoms with Crippen molar-refractivity contribution in [2.24, 2.45) is 0 Å². The van der Waals surface area contributed by atoms with Gasteiger partial charge in [-0.15, -0.1) is 11.3 Å². The summed E-state index contributed by atoms with van der Waals surface area (Å²) in [5, 5.41) is 7.34. The van der Waals surface area contributed by atoms with Crippen LogP contribution in [0.25, 0.3) is 21.5 Å². The molecule has 2 aromatic heterocycles. The number of esters is 1. The molecule has 0 aliphatic rings. The summed E-state index contributed by atoms with van der Waals surface area (Å²) in [5.41, 5.74) is 0.695. The fourth-order valence-corrected chi connectivity index (χ4v) is 3.46. The average Bonchev–Trinajstić information content (AvgIpc) is 3.05. The van der Waals surface area contributed by atoms with Gasteiger partial charge in [-0.1, -0.05) is 0 Å². The second kappa shape index (κ2) is 8.26. The van der Waals surface area contributed by atoms with Crippen molar-refractivity contribution in [3.05, 3.63) is 45.4 Å². The van der Waals surface area contributed by atoms with Crippen molar-refractivity contribution in [3.63, 3.8) is 0 Å². The molecular weight excluding hydrogens is 387 g/mol. The molecule has 0 fully saturated rings. The number of thiazole rings is 1. The molecule has 1 aromatic carbocycles. The largest absolute Gasteiger partial charge is 0.465 e. The molecule has 28 heavy (non-hydrogen) atoms. The molecule has 0 spiro atoms. The van der Waals surface area contributed by atoms with Gasteiger partial charge in [0.15, 0.2) is 5.52 Å². The maximum atomic E-state index is 13.3. The number of carbonyl (C=O) groups is 2. The van der Waals surface area contributed by atoms with E-state index in [1.165, 1.54) is 23.5 Å². The number of halogens is 1. The topological polar surface area (TPSA) is 103 Å². The van der Waals surface area contributed by atoms with Gasteiger partial charge in [0.05, 0.1) is 16.3 Å². The van der Waals surface area contributed by atoms with Gasteiger partial charge in [-0.25, -0.2) is 14.1 Å². The van der Waals surface area contributed by atoms with Crippen molar-refractivity contribution in [2.45, 2.75) is 20.4 Å². The Morgan fingerprint density at radius 2 is 2.00 bits per heavy atom. The smallest absolute Gasteiger partial charge is 0.325 e. The zero-order valence-electron chi connectivity index (χ0n) is 15.2. The van der Waals surface area contributed by atoms with Crippen molar-refractivity contribution in [2.75, 3.05) is 13.2 Å². The Labute approximate surface area is 163 Å². The van der Waals surface area contributed by atoms with Gasteiger partial charge in [-0.2, -0.15) is 5.10 Å². The molecule has 0 saturated heterocycles. The molecule has 0 aliphatic heterocycles. The Morgan fingerprint density at radius 1 is 1.29 bits per heavy atom. The third kappa shape index (κ3) is 4.22. The minimum Gasteiger partial charge on any atom is -0.465 e. The van der Waals surface area contributed by atoms with Crippen molar-refractivity contribution < 1.29 is 18.7 Å². The van der Waals surface area contributed by atoms with Gasteiger partial charge in [0, 0.05) is 5.56 Å². The molecule has 10 heteroatoms. The Balaban J connectivity index is 1.95. The number of rotatable bonds is 6. The molecular formula is C18H17FN4O4S.